The minimum Gasteiger partial charge on any atom is -0.348 e. The van der Waals surface area contributed by atoms with E-state index in [9.17, 15) is 4.79 Å². The molecule has 3 rings (SSSR count). The quantitative estimate of drug-likeness (QED) is 0.877. The molecule has 0 radical (unpaired) electrons. The lowest BCUT2D eigenvalue weighted by atomic mass is 9.98. The van der Waals surface area contributed by atoms with E-state index in [0.717, 1.165) is 26.1 Å². The van der Waals surface area contributed by atoms with Crippen LogP contribution < -0.4 is 5.32 Å². The number of hydrogen-bond donors (Lipinski definition) is 1. The number of likely N-dealkylation sites (tertiary alicyclic amines) is 1. The Hall–Kier alpha value is -1.73. The smallest absolute Gasteiger partial charge is 0.234 e. The minimum atomic E-state index is 0.0817. The zero-order chi connectivity index (χ0) is 16.1. The van der Waals surface area contributed by atoms with Gasteiger partial charge in [-0.25, -0.2) is 4.98 Å². The number of thiophene rings is 1. The van der Waals surface area contributed by atoms with Gasteiger partial charge in [0, 0.05) is 18.0 Å². The predicted molar refractivity (Wildman–Crippen MR) is 90.1 cm³/mol. The minimum absolute atomic E-state index is 0.0817. The van der Waals surface area contributed by atoms with E-state index < -0.39 is 0 Å². The fraction of sp³-hybridized carbons (Fsp3) is 0.562. The van der Waals surface area contributed by atoms with Gasteiger partial charge in [0.05, 0.1) is 12.6 Å². The molecule has 124 valence electrons. The Morgan fingerprint density at radius 3 is 3.22 bits per heavy atom. The lowest BCUT2D eigenvalue weighted by molar-refractivity contribution is -0.123. The Labute approximate surface area is 140 Å². The highest BCUT2D eigenvalue weighted by molar-refractivity contribution is 7.10. The second-order valence-corrected chi connectivity index (χ2v) is 7.14. The van der Waals surface area contributed by atoms with E-state index in [1.165, 1.54) is 11.3 Å². The number of rotatable bonds is 6. The topological polar surface area (TPSA) is 63.1 Å². The molecule has 1 fully saturated rings. The molecule has 2 aromatic rings. The van der Waals surface area contributed by atoms with Crippen molar-refractivity contribution >= 4 is 17.2 Å². The summed E-state index contributed by atoms with van der Waals surface area (Å²) in [6.45, 7) is 5.33. The maximum absolute atomic E-state index is 12.3. The highest BCUT2D eigenvalue weighted by Gasteiger charge is 2.22. The monoisotopic (exact) mass is 333 g/mol. The summed E-state index contributed by atoms with van der Waals surface area (Å²) in [4.78, 5) is 19.7. The van der Waals surface area contributed by atoms with Crippen molar-refractivity contribution in [1.82, 2.24) is 25.0 Å². The Morgan fingerprint density at radius 2 is 2.48 bits per heavy atom. The number of amides is 1. The molecule has 1 saturated heterocycles. The molecule has 1 N–H and O–H groups in total. The van der Waals surface area contributed by atoms with Crippen molar-refractivity contribution in [2.75, 3.05) is 19.6 Å². The van der Waals surface area contributed by atoms with E-state index in [2.05, 4.69) is 26.4 Å². The van der Waals surface area contributed by atoms with Crippen LogP contribution in [0.15, 0.2) is 30.2 Å². The fourth-order valence-electron chi connectivity index (χ4n) is 3.13. The highest BCUT2D eigenvalue weighted by Crippen LogP contribution is 2.19. The van der Waals surface area contributed by atoms with E-state index >= 15 is 0 Å². The molecule has 0 spiro atoms. The Morgan fingerprint density at radius 1 is 1.57 bits per heavy atom. The van der Waals surface area contributed by atoms with Crippen LogP contribution >= 0.6 is 11.3 Å². The van der Waals surface area contributed by atoms with E-state index in [0.29, 0.717) is 12.5 Å². The third kappa shape index (κ3) is 4.62. The first-order valence-corrected chi connectivity index (χ1v) is 8.96. The second-order valence-electron chi connectivity index (χ2n) is 6.17. The first kappa shape index (κ1) is 16.1. The van der Waals surface area contributed by atoms with Crippen molar-refractivity contribution in [3.8, 4) is 0 Å². The van der Waals surface area contributed by atoms with Gasteiger partial charge in [0.25, 0.3) is 0 Å². The second kappa shape index (κ2) is 7.70. The van der Waals surface area contributed by atoms with E-state index in [-0.39, 0.29) is 11.9 Å². The summed E-state index contributed by atoms with van der Waals surface area (Å²) >= 11 is 1.68. The number of carbonyl (C=O) groups excluding carboxylic acids is 1. The van der Waals surface area contributed by atoms with E-state index in [1.54, 1.807) is 24.0 Å². The standard InChI is InChI=1S/C16H23N5OS/c1-13(15-5-3-7-23-15)19-16(22)10-20-6-2-4-14(8-20)9-21-12-17-11-18-21/h3,5,7,11-14H,2,4,6,8-10H2,1H3,(H,19,22)/t13-,14-/m1/s1. The molecule has 1 aliphatic heterocycles. The van der Waals surface area contributed by atoms with Gasteiger partial charge in [0.1, 0.15) is 12.7 Å². The van der Waals surface area contributed by atoms with Crippen molar-refractivity contribution in [3.63, 3.8) is 0 Å². The highest BCUT2D eigenvalue weighted by atomic mass is 32.1. The summed E-state index contributed by atoms with van der Waals surface area (Å²) in [6.07, 6.45) is 5.64. The molecule has 0 unspecified atom stereocenters. The molecule has 7 heteroatoms. The molecule has 3 heterocycles. The number of nitrogens with zero attached hydrogens (tertiary/aromatic N) is 4. The summed E-state index contributed by atoms with van der Waals surface area (Å²) in [6, 6.07) is 4.16. The van der Waals surface area contributed by atoms with Crippen LogP contribution in [0.1, 0.15) is 30.7 Å². The number of carbonyl (C=O) groups is 1. The largest absolute Gasteiger partial charge is 0.348 e. The van der Waals surface area contributed by atoms with Crippen molar-refractivity contribution in [2.45, 2.75) is 32.4 Å². The van der Waals surface area contributed by atoms with Crippen molar-refractivity contribution in [1.29, 1.82) is 0 Å². The number of piperidine rings is 1. The first-order valence-electron chi connectivity index (χ1n) is 8.08. The van der Waals surface area contributed by atoms with Gasteiger partial charge in [0.2, 0.25) is 5.91 Å². The first-order chi connectivity index (χ1) is 11.2. The molecule has 0 aromatic carbocycles. The Kier molecular flexibility index (Phi) is 5.40. The van der Waals surface area contributed by atoms with Crippen LogP contribution in [0.5, 0.6) is 0 Å². The van der Waals surface area contributed by atoms with Gasteiger partial charge in [-0.1, -0.05) is 6.07 Å². The SMILES string of the molecule is C[C@@H](NC(=O)CN1CCC[C@@H](Cn2cncn2)C1)c1cccs1. The molecule has 2 aromatic heterocycles. The zero-order valence-corrected chi connectivity index (χ0v) is 14.2. The van der Waals surface area contributed by atoms with Gasteiger partial charge in [-0.05, 0) is 43.7 Å². The number of aromatic nitrogens is 3. The van der Waals surface area contributed by atoms with E-state index in [1.807, 2.05) is 23.1 Å². The molecule has 1 aliphatic rings. The summed E-state index contributed by atoms with van der Waals surface area (Å²) in [7, 11) is 0. The van der Waals surface area contributed by atoms with Crippen LogP contribution in [0, 0.1) is 5.92 Å². The average molecular weight is 333 g/mol. The third-order valence-corrected chi connectivity index (χ3v) is 5.28. The molecule has 2 atom stereocenters. The maximum Gasteiger partial charge on any atom is 0.234 e. The van der Waals surface area contributed by atoms with Crippen molar-refractivity contribution in [3.05, 3.63) is 35.0 Å². The Balaban J connectivity index is 1.46. The third-order valence-electron chi connectivity index (χ3n) is 4.23. The van der Waals surface area contributed by atoms with Gasteiger partial charge in [-0.3, -0.25) is 14.4 Å². The lowest BCUT2D eigenvalue weighted by Gasteiger charge is -2.32. The lowest BCUT2D eigenvalue weighted by Crippen LogP contribution is -2.43. The molecule has 23 heavy (non-hydrogen) atoms. The zero-order valence-electron chi connectivity index (χ0n) is 13.4. The molecular formula is C16H23N5OS. The number of hydrogen-bond acceptors (Lipinski definition) is 5. The van der Waals surface area contributed by atoms with Gasteiger partial charge >= 0.3 is 0 Å². The predicted octanol–water partition coefficient (Wildman–Crippen LogP) is 1.93. The molecule has 0 aliphatic carbocycles. The summed E-state index contributed by atoms with van der Waals surface area (Å²) in [5.74, 6) is 0.639. The van der Waals surface area contributed by atoms with Crippen molar-refractivity contribution < 1.29 is 4.79 Å². The van der Waals surface area contributed by atoms with E-state index in [4.69, 9.17) is 0 Å². The van der Waals surface area contributed by atoms with Gasteiger partial charge in [-0.15, -0.1) is 11.3 Å². The summed E-state index contributed by atoms with van der Waals surface area (Å²) in [5.41, 5.74) is 0. The van der Waals surface area contributed by atoms with Crippen LogP contribution in [0.2, 0.25) is 0 Å². The molecular weight excluding hydrogens is 310 g/mol. The van der Waals surface area contributed by atoms with Gasteiger partial charge < -0.3 is 5.32 Å². The van der Waals surface area contributed by atoms with Crippen LogP contribution in [0.25, 0.3) is 0 Å². The molecule has 0 saturated carbocycles. The summed E-state index contributed by atoms with van der Waals surface area (Å²) in [5, 5.41) is 9.30. The maximum atomic E-state index is 12.3. The number of nitrogens with one attached hydrogen (secondary N) is 1. The summed E-state index contributed by atoms with van der Waals surface area (Å²) < 4.78 is 1.88. The molecule has 1 amide bonds. The van der Waals surface area contributed by atoms with Crippen LogP contribution in [-0.2, 0) is 11.3 Å². The molecule has 0 bridgehead atoms. The van der Waals surface area contributed by atoms with Crippen LogP contribution in [0.4, 0.5) is 0 Å². The Bertz CT molecular complexity index is 598. The van der Waals surface area contributed by atoms with Crippen LogP contribution in [-0.4, -0.2) is 45.2 Å². The van der Waals surface area contributed by atoms with Crippen LogP contribution in [0.3, 0.4) is 0 Å². The fourth-order valence-corrected chi connectivity index (χ4v) is 3.87. The van der Waals surface area contributed by atoms with Gasteiger partial charge in [0.15, 0.2) is 0 Å². The van der Waals surface area contributed by atoms with Crippen molar-refractivity contribution in [2.24, 2.45) is 5.92 Å². The normalized spacial score (nSPS) is 20.3. The molecule has 6 nitrogen and oxygen atoms in total. The van der Waals surface area contributed by atoms with Gasteiger partial charge in [-0.2, -0.15) is 5.10 Å². The average Bonchev–Trinajstić information content (AvgIpc) is 3.20.